The lowest BCUT2D eigenvalue weighted by Crippen LogP contribution is -2.37. The van der Waals surface area contributed by atoms with Crippen LogP contribution < -0.4 is 15.5 Å². The van der Waals surface area contributed by atoms with E-state index in [1.165, 1.54) is 12.5 Å². The number of nitrogens with one attached hydrogen (secondary N) is 2. The van der Waals surface area contributed by atoms with Gasteiger partial charge in [0.25, 0.3) is 0 Å². The Labute approximate surface area is 141 Å². The van der Waals surface area contributed by atoms with Crippen molar-refractivity contribution in [2.45, 2.75) is 26.3 Å². The Hall–Kier alpha value is -2.82. The maximum absolute atomic E-state index is 12.4. The second-order valence-electron chi connectivity index (χ2n) is 6.12. The molecule has 1 atom stereocenters. The Morgan fingerprint density at radius 3 is 2.33 bits per heavy atom. The Balaban J connectivity index is 1.63. The van der Waals surface area contributed by atoms with Crippen molar-refractivity contribution in [1.82, 2.24) is 0 Å². The molecule has 1 heterocycles. The van der Waals surface area contributed by atoms with E-state index in [2.05, 4.69) is 34.6 Å². The minimum atomic E-state index is -0.117. The molecule has 0 aromatic heterocycles. The molecule has 0 aliphatic carbocycles. The van der Waals surface area contributed by atoms with Crippen LogP contribution in [0.4, 0.5) is 17.1 Å². The number of carbonyl (C=O) groups is 2. The summed E-state index contributed by atoms with van der Waals surface area (Å²) in [6.07, 6.45) is 0.967. The van der Waals surface area contributed by atoms with Gasteiger partial charge in [0.15, 0.2) is 0 Å². The summed E-state index contributed by atoms with van der Waals surface area (Å²) >= 11 is 0. The van der Waals surface area contributed by atoms with Gasteiger partial charge in [-0.25, -0.2) is 0 Å². The van der Waals surface area contributed by atoms with Gasteiger partial charge in [0.05, 0.1) is 6.54 Å². The van der Waals surface area contributed by atoms with Gasteiger partial charge in [-0.3, -0.25) is 9.59 Å². The van der Waals surface area contributed by atoms with Crippen LogP contribution in [0.25, 0.3) is 0 Å². The molecule has 0 fully saturated rings. The van der Waals surface area contributed by atoms with E-state index in [0.717, 1.165) is 12.1 Å². The molecule has 2 aromatic rings. The molecule has 2 amide bonds. The predicted octanol–water partition coefficient (Wildman–Crippen LogP) is 3.03. The SMILES string of the molecule is CC(=O)Nc1ccc(NC(=O)CN2c3ccccc3C[C@@H]2C)cc1. The van der Waals surface area contributed by atoms with Crippen LogP contribution in [0, 0.1) is 0 Å². The fourth-order valence-corrected chi connectivity index (χ4v) is 3.07. The molecule has 0 saturated heterocycles. The molecule has 0 bridgehead atoms. The zero-order chi connectivity index (χ0) is 17.1. The normalized spacial score (nSPS) is 15.8. The van der Waals surface area contributed by atoms with Crippen LogP contribution in [0.15, 0.2) is 48.5 Å². The molecule has 1 aliphatic heterocycles. The molecule has 3 rings (SSSR count). The molecule has 2 N–H and O–H groups in total. The van der Waals surface area contributed by atoms with E-state index < -0.39 is 0 Å². The first-order valence-corrected chi connectivity index (χ1v) is 8.05. The molecule has 0 radical (unpaired) electrons. The Morgan fingerprint density at radius 2 is 1.67 bits per heavy atom. The van der Waals surface area contributed by atoms with Crippen molar-refractivity contribution in [3.05, 3.63) is 54.1 Å². The number of hydrogen-bond donors (Lipinski definition) is 2. The van der Waals surface area contributed by atoms with Gasteiger partial charge < -0.3 is 15.5 Å². The Kier molecular flexibility index (Phi) is 4.51. The zero-order valence-corrected chi connectivity index (χ0v) is 13.9. The molecule has 5 nitrogen and oxygen atoms in total. The number of anilines is 3. The average Bonchev–Trinajstić information content (AvgIpc) is 2.85. The smallest absolute Gasteiger partial charge is 0.243 e. The minimum Gasteiger partial charge on any atom is -0.359 e. The number of fused-ring (bicyclic) bond motifs is 1. The molecule has 24 heavy (non-hydrogen) atoms. The number of carbonyl (C=O) groups excluding carboxylic acids is 2. The maximum atomic E-state index is 12.4. The lowest BCUT2D eigenvalue weighted by atomic mass is 10.1. The number of benzene rings is 2. The van der Waals surface area contributed by atoms with Crippen molar-refractivity contribution < 1.29 is 9.59 Å². The molecule has 0 saturated carbocycles. The van der Waals surface area contributed by atoms with Crippen molar-refractivity contribution in [2.75, 3.05) is 22.1 Å². The topological polar surface area (TPSA) is 61.4 Å². The van der Waals surface area contributed by atoms with Gasteiger partial charge >= 0.3 is 0 Å². The summed E-state index contributed by atoms with van der Waals surface area (Å²) in [6.45, 7) is 3.92. The van der Waals surface area contributed by atoms with E-state index >= 15 is 0 Å². The first-order valence-electron chi connectivity index (χ1n) is 8.05. The van der Waals surface area contributed by atoms with Crippen LogP contribution in [-0.2, 0) is 16.0 Å². The molecular formula is C19H21N3O2. The van der Waals surface area contributed by atoms with E-state index in [-0.39, 0.29) is 11.8 Å². The fourth-order valence-electron chi connectivity index (χ4n) is 3.07. The van der Waals surface area contributed by atoms with Crippen LogP contribution in [0.2, 0.25) is 0 Å². The number of nitrogens with zero attached hydrogens (tertiary/aromatic N) is 1. The fraction of sp³-hybridized carbons (Fsp3) is 0.263. The summed E-state index contributed by atoms with van der Waals surface area (Å²) in [7, 11) is 0. The van der Waals surface area contributed by atoms with Crippen molar-refractivity contribution in [1.29, 1.82) is 0 Å². The van der Waals surface area contributed by atoms with Gasteiger partial charge in [0.2, 0.25) is 11.8 Å². The van der Waals surface area contributed by atoms with Crippen LogP contribution in [0.1, 0.15) is 19.4 Å². The highest BCUT2D eigenvalue weighted by Gasteiger charge is 2.26. The van der Waals surface area contributed by atoms with Crippen LogP contribution in [0.5, 0.6) is 0 Å². The Morgan fingerprint density at radius 1 is 1.04 bits per heavy atom. The highest BCUT2D eigenvalue weighted by molar-refractivity contribution is 5.95. The third kappa shape index (κ3) is 3.56. The summed E-state index contributed by atoms with van der Waals surface area (Å²) in [5, 5.41) is 5.61. The van der Waals surface area contributed by atoms with Crippen molar-refractivity contribution in [3.63, 3.8) is 0 Å². The summed E-state index contributed by atoms with van der Waals surface area (Å²) in [5.41, 5.74) is 3.86. The number of rotatable bonds is 4. The van der Waals surface area contributed by atoms with Gasteiger partial charge in [-0.1, -0.05) is 18.2 Å². The minimum absolute atomic E-state index is 0.0502. The summed E-state index contributed by atoms with van der Waals surface area (Å²) in [5.74, 6) is -0.167. The average molecular weight is 323 g/mol. The standard InChI is InChI=1S/C19H21N3O2/c1-13-11-15-5-3-4-6-18(15)22(13)12-19(24)21-17-9-7-16(8-10-17)20-14(2)23/h3-10,13H,11-12H2,1-2H3,(H,20,23)(H,21,24)/t13-/m0/s1. The number of hydrogen-bond acceptors (Lipinski definition) is 3. The molecule has 0 spiro atoms. The monoisotopic (exact) mass is 323 g/mol. The highest BCUT2D eigenvalue weighted by Crippen LogP contribution is 2.31. The van der Waals surface area contributed by atoms with Gasteiger partial charge in [-0.2, -0.15) is 0 Å². The molecule has 5 heteroatoms. The largest absolute Gasteiger partial charge is 0.359 e. The second kappa shape index (κ2) is 6.74. The predicted molar refractivity (Wildman–Crippen MR) is 96.3 cm³/mol. The van der Waals surface area contributed by atoms with Crippen LogP contribution in [-0.4, -0.2) is 24.4 Å². The van der Waals surface area contributed by atoms with Gasteiger partial charge in [-0.05, 0) is 49.2 Å². The third-order valence-corrected chi connectivity index (χ3v) is 4.15. The second-order valence-corrected chi connectivity index (χ2v) is 6.12. The lowest BCUT2D eigenvalue weighted by Gasteiger charge is -2.24. The van der Waals surface area contributed by atoms with Gasteiger partial charge in [0, 0.05) is 30.0 Å². The highest BCUT2D eigenvalue weighted by atomic mass is 16.2. The molecular weight excluding hydrogens is 302 g/mol. The van der Waals surface area contributed by atoms with Gasteiger partial charge in [-0.15, -0.1) is 0 Å². The van der Waals surface area contributed by atoms with Crippen molar-refractivity contribution in [2.24, 2.45) is 0 Å². The molecule has 124 valence electrons. The number of para-hydroxylation sites is 1. The molecule has 2 aromatic carbocycles. The first-order chi connectivity index (χ1) is 11.5. The van der Waals surface area contributed by atoms with Crippen molar-refractivity contribution in [3.8, 4) is 0 Å². The maximum Gasteiger partial charge on any atom is 0.243 e. The van der Waals surface area contributed by atoms with E-state index in [4.69, 9.17) is 0 Å². The van der Waals surface area contributed by atoms with Gasteiger partial charge in [0.1, 0.15) is 0 Å². The van der Waals surface area contributed by atoms with E-state index in [9.17, 15) is 9.59 Å². The first kappa shape index (κ1) is 16.1. The van der Waals surface area contributed by atoms with E-state index in [0.29, 0.717) is 24.0 Å². The summed E-state index contributed by atoms with van der Waals surface area (Å²) < 4.78 is 0. The third-order valence-electron chi connectivity index (χ3n) is 4.15. The van der Waals surface area contributed by atoms with E-state index in [1.807, 2.05) is 12.1 Å². The lowest BCUT2D eigenvalue weighted by molar-refractivity contribution is -0.115. The summed E-state index contributed by atoms with van der Waals surface area (Å²) in [4.78, 5) is 25.5. The van der Waals surface area contributed by atoms with Crippen LogP contribution in [0.3, 0.4) is 0 Å². The Bertz CT molecular complexity index is 755. The number of amides is 2. The quantitative estimate of drug-likeness (QED) is 0.909. The summed E-state index contributed by atoms with van der Waals surface area (Å²) in [6, 6.07) is 15.6. The molecule has 0 unspecified atom stereocenters. The molecule has 1 aliphatic rings. The van der Waals surface area contributed by atoms with E-state index in [1.54, 1.807) is 24.3 Å². The zero-order valence-electron chi connectivity index (χ0n) is 13.9. The van der Waals surface area contributed by atoms with Crippen LogP contribution >= 0.6 is 0 Å². The van der Waals surface area contributed by atoms with Crippen molar-refractivity contribution >= 4 is 28.9 Å².